The molecule has 0 saturated carbocycles. The molecule has 0 aliphatic carbocycles. The molecule has 1 heterocycles. The van der Waals surface area contributed by atoms with E-state index in [9.17, 15) is 18.0 Å². The number of alkyl halides is 3. The van der Waals surface area contributed by atoms with Crippen molar-refractivity contribution >= 4 is 5.97 Å². The van der Waals surface area contributed by atoms with Gasteiger partial charge < -0.3 is 15.0 Å². The number of carbonyl (C=O) groups excluding carboxylic acids is 1. The van der Waals surface area contributed by atoms with E-state index >= 15 is 0 Å². The highest BCUT2D eigenvalue weighted by Crippen LogP contribution is 2.20. The van der Waals surface area contributed by atoms with E-state index < -0.39 is 12.7 Å². The molecule has 1 aliphatic rings. The number of unbranched alkanes of at least 4 members (excludes halogenated alkanes) is 1. The van der Waals surface area contributed by atoms with E-state index in [2.05, 4.69) is 12.2 Å². The second-order valence-corrected chi connectivity index (χ2v) is 5.26. The topological polar surface area (TPSA) is 41.6 Å². The van der Waals surface area contributed by atoms with E-state index in [-0.39, 0.29) is 17.9 Å². The van der Waals surface area contributed by atoms with E-state index in [1.54, 1.807) is 0 Å². The molecule has 1 rings (SSSR count). The molecule has 0 aromatic heterocycles. The van der Waals surface area contributed by atoms with Crippen LogP contribution in [0.15, 0.2) is 0 Å². The minimum atomic E-state index is -4.23. The number of nitrogens with one attached hydrogen (secondary N) is 1. The van der Waals surface area contributed by atoms with Gasteiger partial charge in [-0.05, 0) is 19.4 Å². The van der Waals surface area contributed by atoms with Crippen LogP contribution in [0.3, 0.4) is 0 Å². The lowest BCUT2D eigenvalue weighted by atomic mass is 9.94. The smallest absolute Gasteiger partial charge is 0.401 e. The highest BCUT2D eigenvalue weighted by molar-refractivity contribution is 5.72. The predicted octanol–water partition coefficient (Wildman–Crippen LogP) is 1.80. The maximum absolute atomic E-state index is 12.3. The Morgan fingerprint density at radius 3 is 2.65 bits per heavy atom. The fourth-order valence-corrected chi connectivity index (χ4v) is 2.50. The lowest BCUT2D eigenvalue weighted by molar-refractivity contribution is -0.148. The maximum Gasteiger partial charge on any atom is 0.401 e. The molecule has 1 N–H and O–H groups in total. The Labute approximate surface area is 117 Å². The van der Waals surface area contributed by atoms with Crippen LogP contribution in [0.4, 0.5) is 13.2 Å². The van der Waals surface area contributed by atoms with Crippen LogP contribution in [0.1, 0.15) is 26.2 Å². The number of methoxy groups -OCH3 is 1. The van der Waals surface area contributed by atoms with Crippen molar-refractivity contribution in [1.29, 1.82) is 0 Å². The first-order valence-electron chi connectivity index (χ1n) is 6.96. The molecule has 4 nitrogen and oxygen atoms in total. The lowest BCUT2D eigenvalue weighted by Crippen LogP contribution is -2.52. The minimum Gasteiger partial charge on any atom is -0.469 e. The highest BCUT2D eigenvalue weighted by Gasteiger charge is 2.34. The van der Waals surface area contributed by atoms with Crippen LogP contribution in [-0.2, 0) is 9.53 Å². The van der Waals surface area contributed by atoms with Crippen LogP contribution in [0.5, 0.6) is 0 Å². The third-order valence-corrected chi connectivity index (χ3v) is 3.48. The standard InChI is InChI=1S/C13H23F3N2O2/c1-3-4-5-18-7-10(12(19)20-2)6-11(8-18)17-9-13(14,15)16/h10-11,17H,3-9H2,1-2H3. The second-order valence-electron chi connectivity index (χ2n) is 5.26. The molecule has 1 saturated heterocycles. The number of hydrogen-bond donors (Lipinski definition) is 1. The van der Waals surface area contributed by atoms with Gasteiger partial charge in [0.1, 0.15) is 0 Å². The Hall–Kier alpha value is -0.820. The zero-order valence-corrected chi connectivity index (χ0v) is 12.0. The van der Waals surface area contributed by atoms with Gasteiger partial charge in [-0.3, -0.25) is 4.79 Å². The van der Waals surface area contributed by atoms with E-state index in [4.69, 9.17) is 4.74 Å². The second kappa shape index (κ2) is 7.83. The average Bonchev–Trinajstić information content (AvgIpc) is 2.41. The lowest BCUT2D eigenvalue weighted by Gasteiger charge is -2.37. The molecule has 0 amide bonds. The molecular weight excluding hydrogens is 273 g/mol. The number of halogens is 3. The Kier molecular flexibility index (Phi) is 6.75. The Morgan fingerprint density at radius 2 is 2.10 bits per heavy atom. The Balaban J connectivity index is 2.57. The van der Waals surface area contributed by atoms with E-state index in [0.29, 0.717) is 19.5 Å². The quantitative estimate of drug-likeness (QED) is 0.759. The summed E-state index contributed by atoms with van der Waals surface area (Å²) in [6.07, 6.45) is -1.85. The van der Waals surface area contributed by atoms with Crippen LogP contribution in [-0.4, -0.2) is 56.4 Å². The molecule has 118 valence electrons. The van der Waals surface area contributed by atoms with Gasteiger partial charge in [0.05, 0.1) is 19.6 Å². The van der Waals surface area contributed by atoms with Gasteiger partial charge in [-0.1, -0.05) is 13.3 Å². The van der Waals surface area contributed by atoms with Crippen LogP contribution in [0.25, 0.3) is 0 Å². The maximum atomic E-state index is 12.3. The van der Waals surface area contributed by atoms with Crippen LogP contribution < -0.4 is 5.32 Å². The molecule has 0 aromatic rings. The Morgan fingerprint density at radius 1 is 1.40 bits per heavy atom. The van der Waals surface area contributed by atoms with Crippen molar-refractivity contribution in [2.45, 2.75) is 38.4 Å². The Bertz CT molecular complexity index is 310. The SMILES string of the molecule is CCCCN1CC(NCC(F)(F)F)CC(C(=O)OC)C1. The molecule has 0 bridgehead atoms. The third-order valence-electron chi connectivity index (χ3n) is 3.48. The van der Waals surface area contributed by atoms with Gasteiger partial charge in [0.2, 0.25) is 0 Å². The largest absolute Gasteiger partial charge is 0.469 e. The molecule has 0 aromatic carbocycles. The van der Waals surface area contributed by atoms with Gasteiger partial charge in [-0.2, -0.15) is 13.2 Å². The third kappa shape index (κ3) is 6.09. The molecule has 2 unspecified atom stereocenters. The van der Waals surface area contributed by atoms with E-state index in [1.165, 1.54) is 7.11 Å². The number of rotatable bonds is 6. The van der Waals surface area contributed by atoms with E-state index in [1.807, 2.05) is 4.90 Å². The molecule has 1 fully saturated rings. The number of ether oxygens (including phenoxy) is 1. The number of esters is 1. The summed E-state index contributed by atoms with van der Waals surface area (Å²) >= 11 is 0. The molecule has 7 heteroatoms. The number of hydrogen-bond acceptors (Lipinski definition) is 4. The molecule has 0 spiro atoms. The fourth-order valence-electron chi connectivity index (χ4n) is 2.50. The first-order chi connectivity index (χ1) is 9.35. The summed E-state index contributed by atoms with van der Waals surface area (Å²) in [6.45, 7) is 2.95. The normalized spacial score (nSPS) is 24.6. The minimum absolute atomic E-state index is 0.327. The van der Waals surface area contributed by atoms with Crippen LogP contribution >= 0.6 is 0 Å². The summed E-state index contributed by atoms with van der Waals surface area (Å²) in [7, 11) is 1.31. The summed E-state index contributed by atoms with van der Waals surface area (Å²) in [5.74, 6) is -0.693. The monoisotopic (exact) mass is 296 g/mol. The van der Waals surface area contributed by atoms with Gasteiger partial charge in [0.25, 0.3) is 0 Å². The van der Waals surface area contributed by atoms with Crippen molar-refractivity contribution < 1.29 is 22.7 Å². The summed E-state index contributed by atoms with van der Waals surface area (Å²) in [5.41, 5.74) is 0. The van der Waals surface area contributed by atoms with Gasteiger partial charge in [0.15, 0.2) is 0 Å². The average molecular weight is 296 g/mol. The molecular formula is C13H23F3N2O2. The van der Waals surface area contributed by atoms with Crippen molar-refractivity contribution in [2.24, 2.45) is 5.92 Å². The predicted molar refractivity (Wildman–Crippen MR) is 69.3 cm³/mol. The van der Waals surface area contributed by atoms with Crippen molar-refractivity contribution in [2.75, 3.05) is 33.3 Å². The molecule has 0 radical (unpaired) electrons. The van der Waals surface area contributed by atoms with Gasteiger partial charge in [-0.25, -0.2) is 0 Å². The van der Waals surface area contributed by atoms with Gasteiger partial charge >= 0.3 is 12.1 Å². The zero-order chi connectivity index (χ0) is 15.2. The van der Waals surface area contributed by atoms with Gasteiger partial charge in [-0.15, -0.1) is 0 Å². The van der Waals surface area contributed by atoms with Crippen molar-refractivity contribution in [1.82, 2.24) is 10.2 Å². The summed E-state index contributed by atoms with van der Waals surface area (Å²) in [6, 6.07) is -0.327. The first kappa shape index (κ1) is 17.2. The van der Waals surface area contributed by atoms with Gasteiger partial charge in [0, 0.05) is 19.1 Å². The number of piperidine rings is 1. The molecule has 1 aliphatic heterocycles. The summed E-state index contributed by atoms with van der Waals surface area (Å²) in [5, 5.41) is 2.50. The highest BCUT2D eigenvalue weighted by atomic mass is 19.4. The summed E-state index contributed by atoms with van der Waals surface area (Å²) < 4.78 is 41.5. The zero-order valence-electron chi connectivity index (χ0n) is 12.0. The first-order valence-corrected chi connectivity index (χ1v) is 6.96. The van der Waals surface area contributed by atoms with Crippen LogP contribution in [0, 0.1) is 5.92 Å². The van der Waals surface area contributed by atoms with Crippen LogP contribution in [0.2, 0.25) is 0 Å². The molecule has 2 atom stereocenters. The van der Waals surface area contributed by atoms with Crippen molar-refractivity contribution in [3.63, 3.8) is 0 Å². The van der Waals surface area contributed by atoms with Crippen molar-refractivity contribution in [3.8, 4) is 0 Å². The number of carbonyl (C=O) groups is 1. The molecule has 20 heavy (non-hydrogen) atoms. The fraction of sp³-hybridized carbons (Fsp3) is 0.923. The summed E-state index contributed by atoms with van der Waals surface area (Å²) in [4.78, 5) is 13.7. The number of likely N-dealkylation sites (tertiary alicyclic amines) is 1. The van der Waals surface area contributed by atoms with Crippen molar-refractivity contribution in [3.05, 3.63) is 0 Å². The van der Waals surface area contributed by atoms with E-state index in [0.717, 1.165) is 19.4 Å². The number of nitrogens with zero attached hydrogens (tertiary/aromatic N) is 1.